The number of nitrogens with two attached hydrogens (primary N) is 2. The van der Waals surface area contributed by atoms with Crippen LogP contribution < -0.4 is 16.8 Å². The van der Waals surface area contributed by atoms with Crippen molar-refractivity contribution in [1.29, 1.82) is 0 Å². The molecule has 0 bridgehead atoms. The van der Waals surface area contributed by atoms with Crippen molar-refractivity contribution >= 4 is 33.0 Å². The molecule has 0 aliphatic rings. The Hall–Kier alpha value is -3.13. The Bertz CT molecular complexity index is 980. The molecule has 0 unspecified atom stereocenters. The van der Waals surface area contributed by atoms with Crippen molar-refractivity contribution in [3.8, 4) is 0 Å². The molecule has 0 saturated heterocycles. The molecule has 3 aromatic rings. The van der Waals surface area contributed by atoms with E-state index in [1.54, 1.807) is 30.3 Å². The van der Waals surface area contributed by atoms with E-state index in [1.165, 1.54) is 24.3 Å². The molecule has 1 heterocycles. The minimum atomic E-state index is -3.59. The van der Waals surface area contributed by atoms with Gasteiger partial charge in [-0.1, -0.05) is 0 Å². The van der Waals surface area contributed by atoms with Gasteiger partial charge >= 0.3 is 0 Å². The summed E-state index contributed by atoms with van der Waals surface area (Å²) in [5.41, 5.74) is 13.2. The lowest BCUT2D eigenvalue weighted by Crippen LogP contribution is -2.03. The monoisotopic (exact) mass is 355 g/mol. The minimum absolute atomic E-state index is 0.171. The van der Waals surface area contributed by atoms with Crippen LogP contribution in [0.4, 0.5) is 23.1 Å². The fraction of sp³-hybridized carbons (Fsp3) is 0.0588. The van der Waals surface area contributed by atoms with Gasteiger partial charge in [0.05, 0.1) is 9.79 Å². The van der Waals surface area contributed by atoms with E-state index in [1.807, 2.05) is 6.92 Å². The Morgan fingerprint density at radius 3 is 2.00 bits per heavy atom. The quantitative estimate of drug-likeness (QED) is 0.614. The second kappa shape index (κ2) is 6.40. The van der Waals surface area contributed by atoms with Crippen LogP contribution in [-0.4, -0.2) is 18.4 Å². The Morgan fingerprint density at radius 2 is 1.44 bits per heavy atom. The molecule has 25 heavy (non-hydrogen) atoms. The van der Waals surface area contributed by atoms with Gasteiger partial charge in [0.15, 0.2) is 0 Å². The lowest BCUT2D eigenvalue weighted by atomic mass is 10.3. The largest absolute Gasteiger partial charge is 0.399 e. The lowest BCUT2D eigenvalue weighted by Gasteiger charge is -2.09. The number of nitrogen functional groups attached to an aromatic ring is 2. The van der Waals surface area contributed by atoms with Gasteiger partial charge in [-0.05, 0) is 55.5 Å². The molecule has 0 aliphatic heterocycles. The molecule has 3 rings (SSSR count). The minimum Gasteiger partial charge on any atom is -0.399 e. The fourth-order valence-electron chi connectivity index (χ4n) is 2.30. The number of hydrogen-bond donors (Lipinski definition) is 3. The van der Waals surface area contributed by atoms with Gasteiger partial charge < -0.3 is 16.8 Å². The van der Waals surface area contributed by atoms with Crippen molar-refractivity contribution in [2.45, 2.75) is 16.7 Å². The molecule has 0 amide bonds. The van der Waals surface area contributed by atoms with E-state index in [2.05, 4.69) is 15.3 Å². The van der Waals surface area contributed by atoms with Crippen molar-refractivity contribution < 1.29 is 8.42 Å². The summed E-state index contributed by atoms with van der Waals surface area (Å²) >= 11 is 0. The van der Waals surface area contributed by atoms with E-state index < -0.39 is 9.84 Å². The zero-order chi connectivity index (χ0) is 18.0. The summed E-state index contributed by atoms with van der Waals surface area (Å²) in [5, 5.41) is 3.07. The summed E-state index contributed by atoms with van der Waals surface area (Å²) in [6, 6.07) is 14.2. The maximum atomic E-state index is 12.6. The molecule has 0 saturated carbocycles. The Kier molecular flexibility index (Phi) is 4.28. The third-order valence-electron chi connectivity index (χ3n) is 3.50. The van der Waals surface area contributed by atoms with Gasteiger partial charge in [0.2, 0.25) is 15.8 Å². The van der Waals surface area contributed by atoms with Crippen molar-refractivity contribution in [3.05, 3.63) is 60.3 Å². The Balaban J connectivity index is 1.85. The third-order valence-corrected chi connectivity index (χ3v) is 5.28. The normalized spacial score (nSPS) is 11.2. The van der Waals surface area contributed by atoms with Gasteiger partial charge in [-0.3, -0.25) is 0 Å². The van der Waals surface area contributed by atoms with Gasteiger partial charge in [0, 0.05) is 23.1 Å². The lowest BCUT2D eigenvalue weighted by molar-refractivity contribution is 0.596. The van der Waals surface area contributed by atoms with Crippen LogP contribution in [0.1, 0.15) is 5.69 Å². The summed E-state index contributed by atoms with van der Waals surface area (Å²) in [5.74, 6) is 0.712. The number of rotatable bonds is 4. The first kappa shape index (κ1) is 16.7. The Morgan fingerprint density at radius 1 is 0.880 bits per heavy atom. The van der Waals surface area contributed by atoms with Gasteiger partial charge in [0.1, 0.15) is 5.82 Å². The molecule has 0 atom stereocenters. The standard InChI is InChI=1S/C17H17N5O2S/c1-11-10-16(22-17(19)20-11)21-13-4-8-15(9-5-13)25(23,24)14-6-2-12(18)3-7-14/h2-10H,18H2,1H3,(H3,19,20,21,22). The summed E-state index contributed by atoms with van der Waals surface area (Å²) < 4.78 is 25.2. The highest BCUT2D eigenvalue weighted by molar-refractivity contribution is 7.91. The van der Waals surface area contributed by atoms with E-state index in [-0.39, 0.29) is 15.7 Å². The van der Waals surface area contributed by atoms with Gasteiger partial charge in [-0.15, -0.1) is 0 Å². The predicted octanol–water partition coefficient (Wildman–Crippen LogP) is 2.53. The van der Waals surface area contributed by atoms with Crippen LogP contribution in [0.5, 0.6) is 0 Å². The maximum absolute atomic E-state index is 12.6. The molecule has 7 nitrogen and oxygen atoms in total. The first-order valence-corrected chi connectivity index (χ1v) is 8.92. The molecular weight excluding hydrogens is 338 g/mol. The maximum Gasteiger partial charge on any atom is 0.222 e. The van der Waals surface area contributed by atoms with Crippen molar-refractivity contribution in [3.63, 3.8) is 0 Å². The highest BCUT2D eigenvalue weighted by Crippen LogP contribution is 2.24. The number of nitrogens with zero attached hydrogens (tertiary/aromatic N) is 2. The van der Waals surface area contributed by atoms with E-state index >= 15 is 0 Å². The van der Waals surface area contributed by atoms with E-state index in [0.717, 1.165) is 5.69 Å². The van der Waals surface area contributed by atoms with Crippen molar-refractivity contribution in [2.24, 2.45) is 0 Å². The molecule has 5 N–H and O–H groups in total. The highest BCUT2D eigenvalue weighted by Gasteiger charge is 2.17. The molecular formula is C17H17N5O2S. The Labute approximate surface area is 145 Å². The average Bonchev–Trinajstić information content (AvgIpc) is 2.55. The van der Waals surface area contributed by atoms with Crippen LogP contribution >= 0.6 is 0 Å². The fourth-order valence-corrected chi connectivity index (χ4v) is 3.56. The summed E-state index contributed by atoms with van der Waals surface area (Å²) in [6.07, 6.45) is 0. The highest BCUT2D eigenvalue weighted by atomic mass is 32.2. The first-order chi connectivity index (χ1) is 11.8. The summed E-state index contributed by atoms with van der Waals surface area (Å²) in [7, 11) is -3.59. The number of hydrogen-bond acceptors (Lipinski definition) is 7. The topological polar surface area (TPSA) is 124 Å². The molecule has 0 aliphatic carbocycles. The van der Waals surface area contributed by atoms with Crippen molar-refractivity contribution in [2.75, 3.05) is 16.8 Å². The number of aromatic nitrogens is 2. The predicted molar refractivity (Wildman–Crippen MR) is 97.2 cm³/mol. The molecule has 128 valence electrons. The number of aryl methyl sites for hydroxylation is 1. The molecule has 8 heteroatoms. The smallest absolute Gasteiger partial charge is 0.222 e. The number of sulfone groups is 1. The summed E-state index contributed by atoms with van der Waals surface area (Å²) in [4.78, 5) is 8.47. The van der Waals surface area contributed by atoms with Gasteiger partial charge in [-0.2, -0.15) is 4.98 Å². The van der Waals surface area contributed by atoms with Gasteiger partial charge in [0.25, 0.3) is 0 Å². The van der Waals surface area contributed by atoms with Crippen LogP contribution in [0.15, 0.2) is 64.4 Å². The molecule has 0 radical (unpaired) electrons. The van der Waals surface area contributed by atoms with Crippen LogP contribution in [0.2, 0.25) is 0 Å². The number of anilines is 4. The van der Waals surface area contributed by atoms with Crippen LogP contribution in [0.25, 0.3) is 0 Å². The number of nitrogens with one attached hydrogen (secondary N) is 1. The average molecular weight is 355 g/mol. The van der Waals surface area contributed by atoms with E-state index in [4.69, 9.17) is 11.5 Å². The molecule has 2 aromatic carbocycles. The first-order valence-electron chi connectivity index (χ1n) is 7.43. The molecule has 1 aromatic heterocycles. The molecule has 0 spiro atoms. The zero-order valence-corrected chi connectivity index (χ0v) is 14.3. The van der Waals surface area contributed by atoms with E-state index in [0.29, 0.717) is 17.2 Å². The number of benzene rings is 2. The second-order valence-corrected chi connectivity index (χ2v) is 7.42. The van der Waals surface area contributed by atoms with Crippen LogP contribution in [0.3, 0.4) is 0 Å². The second-order valence-electron chi connectivity index (χ2n) is 5.47. The third kappa shape index (κ3) is 3.69. The van der Waals surface area contributed by atoms with E-state index in [9.17, 15) is 8.42 Å². The molecule has 0 fully saturated rings. The van der Waals surface area contributed by atoms with Gasteiger partial charge in [-0.25, -0.2) is 13.4 Å². The summed E-state index contributed by atoms with van der Waals surface area (Å²) in [6.45, 7) is 1.81. The van der Waals surface area contributed by atoms with Crippen LogP contribution in [-0.2, 0) is 9.84 Å². The SMILES string of the molecule is Cc1cc(Nc2ccc(S(=O)(=O)c3ccc(N)cc3)cc2)nc(N)n1. The zero-order valence-electron chi connectivity index (χ0n) is 13.5. The van der Waals surface area contributed by atoms with Crippen molar-refractivity contribution in [1.82, 2.24) is 9.97 Å². The van der Waals surface area contributed by atoms with Crippen LogP contribution in [0, 0.1) is 6.92 Å².